The van der Waals surface area contributed by atoms with Crippen molar-refractivity contribution in [3.63, 3.8) is 0 Å². The summed E-state index contributed by atoms with van der Waals surface area (Å²) in [7, 11) is 1.71. The fourth-order valence-electron chi connectivity index (χ4n) is 2.31. The summed E-state index contributed by atoms with van der Waals surface area (Å²) in [6.45, 7) is 0.818. The number of nitrogens with zero attached hydrogens (tertiary/aromatic N) is 2. The lowest BCUT2D eigenvalue weighted by Gasteiger charge is -2.06. The Kier molecular flexibility index (Phi) is 3.27. The molecule has 2 unspecified atom stereocenters. The zero-order chi connectivity index (χ0) is 13.2. The molecule has 6 heteroatoms. The van der Waals surface area contributed by atoms with Gasteiger partial charge in [-0.05, 0) is 12.5 Å². The Morgan fingerprint density at radius 2 is 2.26 bits per heavy atom. The molecule has 0 bridgehead atoms. The van der Waals surface area contributed by atoms with Gasteiger partial charge in [0.1, 0.15) is 11.6 Å². The van der Waals surface area contributed by atoms with Crippen molar-refractivity contribution in [1.82, 2.24) is 20.3 Å². The quantitative estimate of drug-likeness (QED) is 0.883. The number of hydrogen-bond donors (Lipinski definition) is 2. The van der Waals surface area contributed by atoms with Crippen LogP contribution < -0.4 is 5.32 Å². The van der Waals surface area contributed by atoms with Gasteiger partial charge in [0.15, 0.2) is 0 Å². The number of pyridine rings is 1. The van der Waals surface area contributed by atoms with Crippen molar-refractivity contribution >= 4 is 0 Å². The summed E-state index contributed by atoms with van der Waals surface area (Å²) in [5, 5.41) is 3.34. The first-order chi connectivity index (χ1) is 9.26. The summed E-state index contributed by atoms with van der Waals surface area (Å²) in [6.07, 6.45) is 5.59. The lowest BCUT2D eigenvalue weighted by molar-refractivity contribution is 0.117. The van der Waals surface area contributed by atoms with Crippen molar-refractivity contribution in [2.75, 3.05) is 13.7 Å². The van der Waals surface area contributed by atoms with Crippen LogP contribution in [0.25, 0.3) is 11.3 Å². The first kappa shape index (κ1) is 12.3. The first-order valence-electron chi connectivity index (χ1n) is 6.18. The van der Waals surface area contributed by atoms with Gasteiger partial charge in [0.25, 0.3) is 0 Å². The van der Waals surface area contributed by atoms with Gasteiger partial charge in [-0.1, -0.05) is 0 Å². The highest BCUT2D eigenvalue weighted by Gasteiger charge is 2.27. The van der Waals surface area contributed by atoms with E-state index in [4.69, 9.17) is 4.74 Å². The molecule has 19 heavy (non-hydrogen) atoms. The molecule has 1 saturated heterocycles. The number of methoxy groups -OCH3 is 1. The average Bonchev–Trinajstić information content (AvgIpc) is 3.07. The molecular weight excluding hydrogens is 247 g/mol. The van der Waals surface area contributed by atoms with Crippen molar-refractivity contribution in [1.29, 1.82) is 0 Å². The number of hydrogen-bond acceptors (Lipinski definition) is 4. The van der Waals surface area contributed by atoms with Gasteiger partial charge >= 0.3 is 0 Å². The van der Waals surface area contributed by atoms with E-state index in [1.807, 2.05) is 0 Å². The van der Waals surface area contributed by atoms with Crippen molar-refractivity contribution in [2.45, 2.75) is 18.6 Å². The minimum atomic E-state index is -0.355. The number of ether oxygens (including phenoxy) is 1. The van der Waals surface area contributed by atoms with Crippen LogP contribution in [-0.2, 0) is 4.74 Å². The molecule has 2 aromatic rings. The lowest BCUT2D eigenvalue weighted by atomic mass is 10.2. The van der Waals surface area contributed by atoms with Crippen molar-refractivity contribution < 1.29 is 9.13 Å². The number of halogens is 1. The van der Waals surface area contributed by atoms with E-state index < -0.39 is 0 Å². The second-order valence-electron chi connectivity index (χ2n) is 4.63. The monoisotopic (exact) mass is 262 g/mol. The minimum absolute atomic E-state index is 0.153. The molecule has 5 nitrogen and oxygen atoms in total. The molecule has 2 aromatic heterocycles. The van der Waals surface area contributed by atoms with E-state index in [9.17, 15) is 4.39 Å². The van der Waals surface area contributed by atoms with Crippen LogP contribution in [0.1, 0.15) is 18.3 Å². The van der Waals surface area contributed by atoms with Crippen LogP contribution in [0.15, 0.2) is 24.7 Å². The summed E-state index contributed by atoms with van der Waals surface area (Å²) in [4.78, 5) is 11.4. The summed E-state index contributed by atoms with van der Waals surface area (Å²) in [5.41, 5.74) is 1.46. The largest absolute Gasteiger partial charge is 0.380 e. The van der Waals surface area contributed by atoms with Gasteiger partial charge < -0.3 is 15.0 Å². The van der Waals surface area contributed by atoms with E-state index in [1.54, 1.807) is 19.5 Å². The highest BCUT2D eigenvalue weighted by atomic mass is 19.1. The van der Waals surface area contributed by atoms with E-state index in [0.717, 1.165) is 24.5 Å². The van der Waals surface area contributed by atoms with Crippen LogP contribution in [0.5, 0.6) is 0 Å². The highest BCUT2D eigenvalue weighted by molar-refractivity contribution is 5.57. The molecule has 100 valence electrons. The fourth-order valence-corrected chi connectivity index (χ4v) is 2.31. The van der Waals surface area contributed by atoms with Crippen molar-refractivity contribution in [3.8, 4) is 11.3 Å². The smallest absolute Gasteiger partial charge is 0.142 e. The normalized spacial score (nSPS) is 22.8. The average molecular weight is 262 g/mol. The molecule has 0 amide bonds. The number of aromatic amines is 1. The molecule has 0 aromatic carbocycles. The molecule has 3 heterocycles. The van der Waals surface area contributed by atoms with Gasteiger partial charge in [0, 0.05) is 25.4 Å². The third-order valence-electron chi connectivity index (χ3n) is 3.37. The predicted octanol–water partition coefficient (Wildman–Crippen LogP) is 1.66. The Bertz CT molecular complexity index is 571. The van der Waals surface area contributed by atoms with E-state index in [2.05, 4.69) is 20.3 Å². The molecule has 1 aliphatic heterocycles. The fraction of sp³-hybridized carbons (Fsp3) is 0.385. The number of nitrogens with one attached hydrogen (secondary N) is 2. The summed E-state index contributed by atoms with van der Waals surface area (Å²) >= 11 is 0. The number of rotatable bonds is 3. The number of H-pyrrole nitrogens is 1. The van der Waals surface area contributed by atoms with E-state index in [0.29, 0.717) is 5.56 Å². The maximum absolute atomic E-state index is 13.1. The molecule has 1 aliphatic rings. The first-order valence-corrected chi connectivity index (χ1v) is 6.18. The summed E-state index contributed by atoms with van der Waals surface area (Å²) < 4.78 is 18.4. The molecular formula is C13H15FN4O. The molecule has 0 aliphatic carbocycles. The Morgan fingerprint density at radius 3 is 3.00 bits per heavy atom. The standard InChI is InChI=1S/C13H15FN4O/c1-19-10-3-11(16-6-10)13-17-7-12(18-13)8-2-9(14)5-15-4-8/h2,4-5,7,10-11,16H,3,6H2,1H3,(H,17,18). The SMILES string of the molecule is COC1CNC(c2ncc(-c3cncc(F)c3)[nH]2)C1. The van der Waals surface area contributed by atoms with Crippen LogP contribution in [0.3, 0.4) is 0 Å². The highest BCUT2D eigenvalue weighted by Crippen LogP contribution is 2.25. The summed E-state index contributed by atoms with van der Waals surface area (Å²) in [5.74, 6) is 0.492. The van der Waals surface area contributed by atoms with E-state index >= 15 is 0 Å². The van der Waals surface area contributed by atoms with Crippen LogP contribution in [-0.4, -0.2) is 34.7 Å². The zero-order valence-corrected chi connectivity index (χ0v) is 10.6. The molecule has 0 saturated carbocycles. The van der Waals surface area contributed by atoms with Crippen molar-refractivity contribution in [3.05, 3.63) is 36.3 Å². The number of imidazole rings is 1. The van der Waals surface area contributed by atoms with E-state index in [-0.39, 0.29) is 18.0 Å². The Hall–Kier alpha value is -1.79. The van der Waals surface area contributed by atoms with Gasteiger partial charge in [-0.2, -0.15) is 0 Å². The summed E-state index contributed by atoms with van der Waals surface area (Å²) in [6, 6.07) is 1.59. The Balaban J connectivity index is 1.80. The van der Waals surface area contributed by atoms with Crippen LogP contribution in [0.4, 0.5) is 4.39 Å². The molecule has 3 rings (SSSR count). The molecule has 2 atom stereocenters. The van der Waals surface area contributed by atoms with Gasteiger partial charge in [0.2, 0.25) is 0 Å². The zero-order valence-electron chi connectivity index (χ0n) is 10.6. The van der Waals surface area contributed by atoms with Gasteiger partial charge in [-0.25, -0.2) is 9.37 Å². The third kappa shape index (κ3) is 2.50. The minimum Gasteiger partial charge on any atom is -0.380 e. The predicted molar refractivity (Wildman–Crippen MR) is 67.9 cm³/mol. The maximum atomic E-state index is 13.1. The molecule has 0 spiro atoms. The van der Waals surface area contributed by atoms with Gasteiger partial charge in [-0.3, -0.25) is 4.98 Å². The van der Waals surface area contributed by atoms with Gasteiger partial charge in [-0.15, -0.1) is 0 Å². The van der Waals surface area contributed by atoms with Crippen LogP contribution in [0.2, 0.25) is 0 Å². The molecule has 2 N–H and O–H groups in total. The third-order valence-corrected chi connectivity index (χ3v) is 3.37. The molecule has 1 fully saturated rings. The number of aromatic nitrogens is 3. The molecule has 0 radical (unpaired) electrons. The van der Waals surface area contributed by atoms with Crippen LogP contribution in [0, 0.1) is 5.82 Å². The Labute approximate surface area is 110 Å². The van der Waals surface area contributed by atoms with Crippen molar-refractivity contribution in [2.24, 2.45) is 0 Å². The van der Waals surface area contributed by atoms with Gasteiger partial charge in [0.05, 0.1) is 30.2 Å². The van der Waals surface area contributed by atoms with E-state index in [1.165, 1.54) is 12.3 Å². The Morgan fingerprint density at radius 1 is 1.37 bits per heavy atom. The van der Waals surface area contributed by atoms with Crippen LogP contribution >= 0.6 is 0 Å². The topological polar surface area (TPSA) is 62.8 Å². The second-order valence-corrected chi connectivity index (χ2v) is 4.63. The second kappa shape index (κ2) is 5.07. The maximum Gasteiger partial charge on any atom is 0.142 e. The lowest BCUT2D eigenvalue weighted by Crippen LogP contribution is -2.16.